The summed E-state index contributed by atoms with van der Waals surface area (Å²) in [6, 6.07) is 11.8. The van der Waals surface area contributed by atoms with Gasteiger partial charge in [0.1, 0.15) is 5.82 Å². The van der Waals surface area contributed by atoms with E-state index in [9.17, 15) is 4.39 Å². The van der Waals surface area contributed by atoms with Crippen LogP contribution in [-0.2, 0) is 12.8 Å². The monoisotopic (exact) mass is 284 g/mol. The summed E-state index contributed by atoms with van der Waals surface area (Å²) in [5.41, 5.74) is 11.2. The minimum atomic E-state index is -0.155. The fraction of sp³-hybridized carbons (Fsp3) is 0.333. The normalized spacial score (nSPS) is 14.1. The number of aryl methyl sites for hydroxylation is 2. The first kappa shape index (κ1) is 14.1. The average molecular weight is 284 g/mol. The molecule has 3 rings (SSSR count). The van der Waals surface area contributed by atoms with Crippen molar-refractivity contribution < 1.29 is 4.39 Å². The van der Waals surface area contributed by atoms with Crippen LogP contribution in [0.25, 0.3) is 0 Å². The molecule has 1 heterocycles. The molecular formula is C18H21FN2. The quantitative estimate of drug-likeness (QED) is 0.930. The van der Waals surface area contributed by atoms with Crippen LogP contribution in [-0.4, -0.2) is 13.1 Å². The lowest BCUT2D eigenvalue weighted by Crippen LogP contribution is -2.26. The van der Waals surface area contributed by atoms with Crippen LogP contribution in [0.3, 0.4) is 0 Å². The van der Waals surface area contributed by atoms with E-state index in [-0.39, 0.29) is 5.82 Å². The molecule has 0 fully saturated rings. The van der Waals surface area contributed by atoms with Crippen molar-refractivity contribution in [2.45, 2.75) is 26.2 Å². The van der Waals surface area contributed by atoms with E-state index in [0.717, 1.165) is 30.6 Å². The molecule has 2 N–H and O–H groups in total. The molecule has 2 aromatic rings. The summed E-state index contributed by atoms with van der Waals surface area (Å²) >= 11 is 0. The number of halogens is 1. The van der Waals surface area contributed by atoms with E-state index >= 15 is 0 Å². The number of fused-ring (bicyclic) bond motifs is 1. The largest absolute Gasteiger partial charge is 0.341 e. The van der Waals surface area contributed by atoms with Gasteiger partial charge in [-0.2, -0.15) is 0 Å². The van der Waals surface area contributed by atoms with E-state index in [1.54, 1.807) is 6.07 Å². The Morgan fingerprint density at radius 3 is 2.86 bits per heavy atom. The summed E-state index contributed by atoms with van der Waals surface area (Å²) in [6.45, 7) is 3.50. The first-order valence-electron chi connectivity index (χ1n) is 7.55. The Hall–Kier alpha value is -1.87. The molecule has 110 valence electrons. The number of nitrogens with two attached hydrogens (primary N) is 1. The van der Waals surface area contributed by atoms with E-state index in [1.165, 1.54) is 22.9 Å². The third-order valence-corrected chi connectivity index (χ3v) is 4.13. The minimum Gasteiger partial charge on any atom is -0.341 e. The second-order valence-corrected chi connectivity index (χ2v) is 5.66. The number of rotatable bonds is 3. The molecule has 1 aliphatic heterocycles. The van der Waals surface area contributed by atoms with Crippen LogP contribution in [0.1, 0.15) is 23.1 Å². The number of benzene rings is 2. The number of hydrogen-bond donors (Lipinski definition) is 1. The third-order valence-electron chi connectivity index (χ3n) is 4.13. The van der Waals surface area contributed by atoms with Gasteiger partial charge < -0.3 is 10.6 Å². The molecular weight excluding hydrogens is 263 g/mol. The molecule has 0 bridgehead atoms. The van der Waals surface area contributed by atoms with Crippen molar-refractivity contribution >= 4 is 11.4 Å². The van der Waals surface area contributed by atoms with Gasteiger partial charge in [0.25, 0.3) is 0 Å². The van der Waals surface area contributed by atoms with Gasteiger partial charge in [-0.05, 0) is 56.5 Å². The molecule has 1 aliphatic rings. The summed E-state index contributed by atoms with van der Waals surface area (Å²) in [5, 5.41) is 0. The van der Waals surface area contributed by atoms with E-state index in [2.05, 4.69) is 30.0 Å². The van der Waals surface area contributed by atoms with Crippen LogP contribution in [0.5, 0.6) is 0 Å². The highest BCUT2D eigenvalue weighted by Crippen LogP contribution is 2.36. The lowest BCUT2D eigenvalue weighted by Gasteiger charge is -2.33. The predicted octanol–water partition coefficient (Wildman–Crippen LogP) is 3.72. The number of nitrogens with zero attached hydrogens (tertiary/aromatic N) is 1. The van der Waals surface area contributed by atoms with Gasteiger partial charge in [-0.3, -0.25) is 0 Å². The summed E-state index contributed by atoms with van der Waals surface area (Å²) < 4.78 is 14.1. The molecule has 21 heavy (non-hydrogen) atoms. The van der Waals surface area contributed by atoms with Crippen molar-refractivity contribution in [3.8, 4) is 0 Å². The molecule has 2 aromatic carbocycles. The predicted molar refractivity (Wildman–Crippen MR) is 85.7 cm³/mol. The zero-order chi connectivity index (χ0) is 14.8. The van der Waals surface area contributed by atoms with Crippen molar-refractivity contribution in [3.63, 3.8) is 0 Å². The maximum absolute atomic E-state index is 14.1. The molecule has 3 heteroatoms. The molecule has 0 amide bonds. The standard InChI is InChI=1S/C18H21FN2/c1-13-7-8-17-14(12-13)4-3-11-21(17)18-6-2-5-16(19)15(18)9-10-20/h2,5-8,12H,3-4,9-11,20H2,1H3. The summed E-state index contributed by atoms with van der Waals surface area (Å²) in [4.78, 5) is 2.24. The first-order chi connectivity index (χ1) is 10.2. The second kappa shape index (κ2) is 5.86. The summed E-state index contributed by atoms with van der Waals surface area (Å²) in [6.07, 6.45) is 2.75. The van der Waals surface area contributed by atoms with Gasteiger partial charge in [-0.1, -0.05) is 23.8 Å². The molecule has 0 aliphatic carbocycles. The van der Waals surface area contributed by atoms with Crippen LogP contribution in [0.15, 0.2) is 36.4 Å². The van der Waals surface area contributed by atoms with Crippen LogP contribution >= 0.6 is 0 Å². The molecule has 0 saturated carbocycles. The van der Waals surface area contributed by atoms with E-state index in [0.29, 0.717) is 13.0 Å². The molecule has 0 unspecified atom stereocenters. The van der Waals surface area contributed by atoms with E-state index in [1.807, 2.05) is 6.07 Å². The van der Waals surface area contributed by atoms with Gasteiger partial charge >= 0.3 is 0 Å². The van der Waals surface area contributed by atoms with Crippen LogP contribution in [0, 0.1) is 12.7 Å². The molecule has 0 atom stereocenters. The number of anilines is 2. The zero-order valence-corrected chi connectivity index (χ0v) is 12.4. The van der Waals surface area contributed by atoms with Crippen molar-refractivity contribution in [1.29, 1.82) is 0 Å². The van der Waals surface area contributed by atoms with Gasteiger partial charge in [-0.15, -0.1) is 0 Å². The fourth-order valence-electron chi connectivity index (χ4n) is 3.17. The Kier molecular flexibility index (Phi) is 3.93. The lowest BCUT2D eigenvalue weighted by molar-refractivity contribution is 0.608. The van der Waals surface area contributed by atoms with Crippen molar-refractivity contribution in [1.82, 2.24) is 0 Å². The molecule has 0 spiro atoms. The highest BCUT2D eigenvalue weighted by Gasteiger charge is 2.21. The minimum absolute atomic E-state index is 0.155. The third kappa shape index (κ3) is 2.66. The van der Waals surface area contributed by atoms with Gasteiger partial charge in [-0.25, -0.2) is 4.39 Å². The lowest BCUT2D eigenvalue weighted by atomic mass is 9.97. The Bertz CT molecular complexity index is 652. The molecule has 0 aromatic heterocycles. The maximum Gasteiger partial charge on any atom is 0.128 e. The summed E-state index contributed by atoms with van der Waals surface area (Å²) in [7, 11) is 0. The van der Waals surface area contributed by atoms with Crippen LogP contribution in [0.4, 0.5) is 15.8 Å². The number of hydrogen-bond acceptors (Lipinski definition) is 2. The molecule has 2 nitrogen and oxygen atoms in total. The van der Waals surface area contributed by atoms with Gasteiger partial charge in [0.05, 0.1) is 0 Å². The van der Waals surface area contributed by atoms with Gasteiger partial charge in [0.2, 0.25) is 0 Å². The van der Waals surface area contributed by atoms with E-state index < -0.39 is 0 Å². The molecule has 0 radical (unpaired) electrons. The van der Waals surface area contributed by atoms with E-state index in [4.69, 9.17) is 5.73 Å². The zero-order valence-electron chi connectivity index (χ0n) is 12.4. The Balaban J connectivity index is 2.09. The Morgan fingerprint density at radius 2 is 2.05 bits per heavy atom. The average Bonchev–Trinajstić information content (AvgIpc) is 2.48. The van der Waals surface area contributed by atoms with Crippen LogP contribution in [0.2, 0.25) is 0 Å². The highest BCUT2D eigenvalue weighted by molar-refractivity contribution is 5.70. The molecule has 0 saturated heterocycles. The van der Waals surface area contributed by atoms with Gasteiger partial charge in [0.15, 0.2) is 0 Å². The second-order valence-electron chi connectivity index (χ2n) is 5.66. The van der Waals surface area contributed by atoms with Crippen LogP contribution < -0.4 is 10.6 Å². The topological polar surface area (TPSA) is 29.3 Å². The first-order valence-corrected chi connectivity index (χ1v) is 7.55. The summed E-state index contributed by atoms with van der Waals surface area (Å²) in [5.74, 6) is -0.155. The smallest absolute Gasteiger partial charge is 0.128 e. The van der Waals surface area contributed by atoms with Crippen molar-refractivity contribution in [2.24, 2.45) is 5.73 Å². The highest BCUT2D eigenvalue weighted by atomic mass is 19.1. The van der Waals surface area contributed by atoms with Crippen molar-refractivity contribution in [2.75, 3.05) is 18.0 Å². The Morgan fingerprint density at radius 1 is 1.19 bits per heavy atom. The van der Waals surface area contributed by atoms with Gasteiger partial charge in [0, 0.05) is 23.5 Å². The Labute approximate surface area is 125 Å². The SMILES string of the molecule is Cc1ccc2c(c1)CCCN2c1cccc(F)c1CCN. The van der Waals surface area contributed by atoms with Crippen molar-refractivity contribution in [3.05, 3.63) is 58.9 Å². The maximum atomic E-state index is 14.1. The fourth-order valence-corrected chi connectivity index (χ4v) is 3.17.